The molecule has 1 aromatic carbocycles. The van der Waals surface area contributed by atoms with Gasteiger partial charge in [0.1, 0.15) is 5.78 Å². The summed E-state index contributed by atoms with van der Waals surface area (Å²) >= 11 is 3.24. The first kappa shape index (κ1) is 17.4. The topological polar surface area (TPSA) is 42.9 Å². The number of rotatable bonds is 5. The maximum atomic E-state index is 12.1. The van der Waals surface area contributed by atoms with Crippen LogP contribution in [0.15, 0.2) is 28.9 Å². The molecule has 0 N–H and O–H groups in total. The second-order valence-electron chi connectivity index (χ2n) is 6.99. The highest BCUT2D eigenvalue weighted by Gasteiger charge is 2.21. The largest absolute Gasteiger partial charge is 0.298 e. The van der Waals surface area contributed by atoms with Gasteiger partial charge in [0.25, 0.3) is 0 Å². The number of benzene rings is 1. The van der Waals surface area contributed by atoms with Crippen molar-refractivity contribution in [3.63, 3.8) is 0 Å². The van der Waals surface area contributed by atoms with E-state index in [0.717, 1.165) is 23.7 Å². The Bertz CT molecular complexity index is 893. The van der Waals surface area contributed by atoms with Crippen LogP contribution in [0.2, 0.25) is 0 Å². The van der Waals surface area contributed by atoms with Crippen LogP contribution in [0.3, 0.4) is 0 Å². The van der Waals surface area contributed by atoms with Crippen LogP contribution in [-0.2, 0) is 11.2 Å². The van der Waals surface area contributed by atoms with Crippen LogP contribution >= 0.6 is 23.1 Å². The summed E-state index contributed by atoms with van der Waals surface area (Å²) in [7, 11) is 0. The molecule has 0 aliphatic rings. The van der Waals surface area contributed by atoms with E-state index in [2.05, 4.69) is 29.4 Å². The average molecular weight is 359 g/mol. The van der Waals surface area contributed by atoms with E-state index in [1.807, 2.05) is 38.3 Å². The second-order valence-corrected chi connectivity index (χ2v) is 8.90. The molecule has 24 heavy (non-hydrogen) atoms. The van der Waals surface area contributed by atoms with Gasteiger partial charge < -0.3 is 0 Å². The molecule has 0 aliphatic heterocycles. The Hall–Kier alpha value is -1.46. The Balaban J connectivity index is 1.98. The number of nitrogens with zero attached hydrogens (tertiary/aromatic N) is 2. The van der Waals surface area contributed by atoms with Crippen LogP contribution in [0.1, 0.15) is 39.0 Å². The summed E-state index contributed by atoms with van der Waals surface area (Å²) < 4.78 is 0. The lowest BCUT2D eigenvalue weighted by molar-refractivity contribution is -0.123. The van der Waals surface area contributed by atoms with Gasteiger partial charge >= 0.3 is 0 Å². The third-order valence-corrected chi connectivity index (χ3v) is 5.94. The predicted molar refractivity (Wildman–Crippen MR) is 104 cm³/mol. The first-order valence-electron chi connectivity index (χ1n) is 8.22. The minimum absolute atomic E-state index is 0.219. The molecule has 0 radical (unpaired) electrons. The number of thiophene rings is 1. The molecule has 0 fully saturated rings. The SMILES string of the molecule is CCCc1scc2ccc3cnc(SCC(=O)C(C)(C)C)nc3c12. The highest BCUT2D eigenvalue weighted by molar-refractivity contribution is 7.99. The van der Waals surface area contributed by atoms with Crippen molar-refractivity contribution in [2.24, 2.45) is 5.41 Å². The van der Waals surface area contributed by atoms with Gasteiger partial charge in [-0.1, -0.05) is 58.0 Å². The van der Waals surface area contributed by atoms with Crippen LogP contribution in [0, 0.1) is 5.41 Å². The molecule has 3 aromatic rings. The summed E-state index contributed by atoms with van der Waals surface area (Å²) in [5, 5.41) is 6.45. The first-order chi connectivity index (χ1) is 11.4. The van der Waals surface area contributed by atoms with Gasteiger partial charge in [-0.25, -0.2) is 9.97 Å². The molecule has 3 nitrogen and oxygen atoms in total. The molecule has 0 unspecified atom stereocenters. The van der Waals surface area contributed by atoms with Crippen LogP contribution in [0.4, 0.5) is 0 Å². The van der Waals surface area contributed by atoms with Crippen molar-refractivity contribution in [2.45, 2.75) is 45.7 Å². The number of carbonyl (C=O) groups excluding carboxylic acids is 1. The Kier molecular flexibility index (Phi) is 4.92. The number of ketones is 1. The number of hydrogen-bond donors (Lipinski definition) is 0. The summed E-state index contributed by atoms with van der Waals surface area (Å²) in [6.07, 6.45) is 4.07. The van der Waals surface area contributed by atoms with Gasteiger partial charge in [0, 0.05) is 27.3 Å². The van der Waals surface area contributed by atoms with E-state index >= 15 is 0 Å². The molecule has 2 heterocycles. The first-order valence-corrected chi connectivity index (χ1v) is 10.1. The Morgan fingerprint density at radius 2 is 2.00 bits per heavy atom. The van der Waals surface area contributed by atoms with Gasteiger partial charge in [-0.15, -0.1) is 11.3 Å². The molecular formula is C19H22N2OS2. The van der Waals surface area contributed by atoms with E-state index in [1.54, 1.807) is 0 Å². The summed E-state index contributed by atoms with van der Waals surface area (Å²) in [6, 6.07) is 4.22. The van der Waals surface area contributed by atoms with Crippen molar-refractivity contribution in [3.05, 3.63) is 28.6 Å². The van der Waals surface area contributed by atoms with E-state index in [4.69, 9.17) is 4.98 Å². The van der Waals surface area contributed by atoms with Crippen molar-refractivity contribution in [3.8, 4) is 0 Å². The normalized spacial score (nSPS) is 12.2. The molecule has 0 atom stereocenters. The van der Waals surface area contributed by atoms with Crippen LogP contribution < -0.4 is 0 Å². The fourth-order valence-corrected chi connectivity index (χ4v) is 4.60. The minimum atomic E-state index is -0.321. The minimum Gasteiger partial charge on any atom is -0.298 e. The van der Waals surface area contributed by atoms with Gasteiger partial charge in [0.2, 0.25) is 0 Å². The molecule has 0 amide bonds. The van der Waals surface area contributed by atoms with Crippen molar-refractivity contribution < 1.29 is 4.79 Å². The van der Waals surface area contributed by atoms with Gasteiger partial charge in [-0.3, -0.25) is 4.79 Å². The Morgan fingerprint density at radius 1 is 1.25 bits per heavy atom. The number of aromatic nitrogens is 2. The highest BCUT2D eigenvalue weighted by atomic mass is 32.2. The summed E-state index contributed by atoms with van der Waals surface area (Å²) in [5.74, 6) is 0.632. The molecule has 2 aromatic heterocycles. The molecule has 0 bridgehead atoms. The maximum absolute atomic E-state index is 12.1. The fraction of sp³-hybridized carbons (Fsp3) is 0.421. The zero-order valence-electron chi connectivity index (χ0n) is 14.5. The van der Waals surface area contributed by atoms with Crippen LogP contribution in [0.25, 0.3) is 21.7 Å². The predicted octanol–water partition coefficient (Wildman–Crippen LogP) is 5.50. The van der Waals surface area contributed by atoms with Crippen molar-refractivity contribution >= 4 is 50.6 Å². The third-order valence-electron chi connectivity index (χ3n) is 4.02. The van der Waals surface area contributed by atoms with Crippen molar-refractivity contribution in [1.82, 2.24) is 9.97 Å². The quantitative estimate of drug-likeness (QED) is 0.446. The van der Waals surface area contributed by atoms with E-state index in [9.17, 15) is 4.79 Å². The summed E-state index contributed by atoms with van der Waals surface area (Å²) in [4.78, 5) is 22.7. The monoisotopic (exact) mass is 358 g/mol. The molecular weight excluding hydrogens is 336 g/mol. The van der Waals surface area contributed by atoms with Gasteiger partial charge in [0.05, 0.1) is 11.3 Å². The van der Waals surface area contributed by atoms with Crippen molar-refractivity contribution in [1.29, 1.82) is 0 Å². The molecule has 126 valence electrons. The average Bonchev–Trinajstić information content (AvgIpc) is 2.95. The number of hydrogen-bond acceptors (Lipinski definition) is 5. The standard InChI is InChI=1S/C19H22N2OS2/c1-5-6-14-16-13(10-23-14)8-7-12-9-20-18(21-17(12)16)24-11-15(22)19(2,3)4/h7-10H,5-6,11H2,1-4H3. The van der Waals surface area contributed by atoms with Crippen LogP contribution in [-0.4, -0.2) is 21.5 Å². The maximum Gasteiger partial charge on any atom is 0.188 e. The number of Topliss-reactive ketones (excluding diaryl/α,β-unsaturated/α-hetero) is 1. The van der Waals surface area contributed by atoms with Gasteiger partial charge in [-0.05, 0) is 17.2 Å². The summed E-state index contributed by atoms with van der Waals surface area (Å²) in [5.41, 5.74) is 0.691. The number of thioether (sulfide) groups is 1. The summed E-state index contributed by atoms with van der Waals surface area (Å²) in [6.45, 7) is 8.04. The zero-order valence-corrected chi connectivity index (χ0v) is 16.2. The van der Waals surface area contributed by atoms with Gasteiger partial charge in [0.15, 0.2) is 5.16 Å². The number of aryl methyl sites for hydroxylation is 1. The number of fused-ring (bicyclic) bond motifs is 3. The lowest BCUT2D eigenvalue weighted by Gasteiger charge is -2.15. The van der Waals surface area contributed by atoms with Gasteiger partial charge in [-0.2, -0.15) is 0 Å². The zero-order chi connectivity index (χ0) is 17.3. The molecule has 0 saturated carbocycles. The van der Waals surface area contributed by atoms with E-state index in [0.29, 0.717) is 10.9 Å². The smallest absolute Gasteiger partial charge is 0.188 e. The Morgan fingerprint density at radius 3 is 2.71 bits per heavy atom. The number of carbonyl (C=O) groups is 1. The van der Waals surface area contributed by atoms with E-state index in [-0.39, 0.29) is 11.2 Å². The molecule has 0 aliphatic carbocycles. The van der Waals surface area contributed by atoms with Crippen molar-refractivity contribution in [2.75, 3.05) is 5.75 Å². The second kappa shape index (κ2) is 6.81. The molecule has 0 saturated heterocycles. The molecule has 3 rings (SSSR count). The van der Waals surface area contributed by atoms with E-state index in [1.165, 1.54) is 27.4 Å². The highest BCUT2D eigenvalue weighted by Crippen LogP contribution is 2.33. The third kappa shape index (κ3) is 3.47. The lowest BCUT2D eigenvalue weighted by Crippen LogP contribution is -2.22. The lowest BCUT2D eigenvalue weighted by atomic mass is 9.92. The van der Waals surface area contributed by atoms with E-state index < -0.39 is 0 Å². The Labute approximate surface area is 150 Å². The molecule has 5 heteroatoms. The molecule has 0 spiro atoms. The fourth-order valence-electron chi connectivity index (χ4n) is 2.51. The van der Waals surface area contributed by atoms with Crippen LogP contribution in [0.5, 0.6) is 0 Å².